The summed E-state index contributed by atoms with van der Waals surface area (Å²) in [4.78, 5) is 24.0. The van der Waals surface area contributed by atoms with E-state index in [2.05, 4.69) is 10.0 Å². The van der Waals surface area contributed by atoms with Gasteiger partial charge in [0.2, 0.25) is 15.9 Å². The summed E-state index contributed by atoms with van der Waals surface area (Å²) in [7, 11) is -2.07. The lowest BCUT2D eigenvalue weighted by atomic mass is 10.0. The van der Waals surface area contributed by atoms with Crippen LogP contribution >= 0.6 is 11.6 Å². The van der Waals surface area contributed by atoms with Crippen molar-refractivity contribution < 1.29 is 22.7 Å². The molecule has 1 atom stereocenters. The predicted molar refractivity (Wildman–Crippen MR) is 113 cm³/mol. The molecule has 0 aliphatic carbocycles. The molecule has 0 aliphatic rings. The van der Waals surface area contributed by atoms with Gasteiger partial charge >= 0.3 is 5.97 Å². The maximum atomic E-state index is 12.3. The molecule has 0 saturated carbocycles. The van der Waals surface area contributed by atoms with E-state index < -0.39 is 27.9 Å². The minimum Gasteiger partial charge on any atom is -0.469 e. The number of hydrogen-bond acceptors (Lipinski definition) is 5. The van der Waals surface area contributed by atoms with Crippen molar-refractivity contribution in [1.82, 2.24) is 5.32 Å². The van der Waals surface area contributed by atoms with Gasteiger partial charge in [-0.25, -0.2) is 8.42 Å². The molecular weight excluding hydrogens is 416 g/mol. The SMILES string of the molecule is COC(=O)CC(NC(=O)/C=C/c1ccc(NS(C)(=O)=O)cc1)c1ccc(Cl)cc1. The van der Waals surface area contributed by atoms with Crippen LogP contribution in [-0.4, -0.2) is 33.7 Å². The number of rotatable bonds is 8. The van der Waals surface area contributed by atoms with E-state index in [9.17, 15) is 18.0 Å². The van der Waals surface area contributed by atoms with Crippen molar-refractivity contribution in [2.24, 2.45) is 0 Å². The summed E-state index contributed by atoms with van der Waals surface area (Å²) >= 11 is 5.89. The normalized spacial score (nSPS) is 12.4. The van der Waals surface area contributed by atoms with Gasteiger partial charge in [0.25, 0.3) is 0 Å². The number of sulfonamides is 1. The van der Waals surface area contributed by atoms with Gasteiger partial charge in [0.1, 0.15) is 0 Å². The van der Waals surface area contributed by atoms with Gasteiger partial charge in [-0.15, -0.1) is 0 Å². The summed E-state index contributed by atoms with van der Waals surface area (Å²) in [5.74, 6) is -0.851. The highest BCUT2D eigenvalue weighted by molar-refractivity contribution is 7.92. The standard InChI is InChI=1S/C20H21ClN2O5S/c1-28-20(25)13-18(15-6-8-16(21)9-7-15)22-19(24)12-5-14-3-10-17(11-4-14)23-29(2,26)27/h3-12,18,23H,13H2,1-2H3,(H,22,24)/b12-5+. The maximum Gasteiger partial charge on any atom is 0.307 e. The average molecular weight is 437 g/mol. The molecule has 2 aromatic rings. The molecule has 2 N–H and O–H groups in total. The molecule has 0 aromatic heterocycles. The third-order valence-electron chi connectivity index (χ3n) is 3.83. The summed E-state index contributed by atoms with van der Waals surface area (Å²) in [6.07, 6.45) is 3.95. The molecule has 0 fully saturated rings. The Balaban J connectivity index is 2.06. The number of methoxy groups -OCH3 is 1. The second-order valence-corrected chi connectivity index (χ2v) is 8.41. The quantitative estimate of drug-likeness (QED) is 0.489. The van der Waals surface area contributed by atoms with Crippen molar-refractivity contribution in [2.45, 2.75) is 12.5 Å². The van der Waals surface area contributed by atoms with Crippen LogP contribution in [0.25, 0.3) is 6.08 Å². The number of benzene rings is 2. The molecule has 9 heteroatoms. The zero-order valence-electron chi connectivity index (χ0n) is 15.9. The molecular formula is C20H21ClN2O5S. The first kappa shape index (κ1) is 22.4. The highest BCUT2D eigenvalue weighted by atomic mass is 35.5. The number of anilines is 1. The van der Waals surface area contributed by atoms with Crippen LogP contribution in [0.3, 0.4) is 0 Å². The molecule has 29 heavy (non-hydrogen) atoms. The predicted octanol–water partition coefficient (Wildman–Crippen LogP) is 3.15. The Bertz CT molecular complexity index is 987. The van der Waals surface area contributed by atoms with E-state index in [0.717, 1.165) is 11.8 Å². The van der Waals surface area contributed by atoms with Crippen LogP contribution in [-0.2, 0) is 24.3 Å². The summed E-state index contributed by atoms with van der Waals surface area (Å²) in [6, 6.07) is 12.8. The molecule has 0 saturated heterocycles. The van der Waals surface area contributed by atoms with E-state index >= 15 is 0 Å². The number of esters is 1. The Morgan fingerprint density at radius 2 is 1.72 bits per heavy atom. The molecule has 2 aromatic carbocycles. The van der Waals surface area contributed by atoms with Crippen molar-refractivity contribution in [2.75, 3.05) is 18.1 Å². The maximum absolute atomic E-state index is 12.3. The van der Waals surface area contributed by atoms with Crippen LogP contribution in [0.4, 0.5) is 5.69 Å². The number of ether oxygens (including phenoxy) is 1. The zero-order chi connectivity index (χ0) is 21.4. The van der Waals surface area contributed by atoms with Gasteiger partial charge in [0, 0.05) is 16.8 Å². The van der Waals surface area contributed by atoms with Crippen molar-refractivity contribution in [3.05, 3.63) is 70.8 Å². The Morgan fingerprint density at radius 3 is 2.28 bits per heavy atom. The van der Waals surface area contributed by atoms with E-state index in [4.69, 9.17) is 16.3 Å². The number of carbonyl (C=O) groups is 2. The first-order valence-corrected chi connectivity index (χ1v) is 10.8. The van der Waals surface area contributed by atoms with Crippen LogP contribution < -0.4 is 10.0 Å². The van der Waals surface area contributed by atoms with Gasteiger partial charge in [-0.2, -0.15) is 0 Å². The van der Waals surface area contributed by atoms with Crippen LogP contribution in [0.2, 0.25) is 5.02 Å². The van der Waals surface area contributed by atoms with E-state index in [1.807, 2.05) is 0 Å². The fraction of sp³-hybridized carbons (Fsp3) is 0.200. The minimum atomic E-state index is -3.35. The summed E-state index contributed by atoms with van der Waals surface area (Å²) in [5.41, 5.74) is 1.85. The molecule has 0 bridgehead atoms. The van der Waals surface area contributed by atoms with E-state index in [1.165, 1.54) is 13.2 Å². The Morgan fingerprint density at radius 1 is 1.10 bits per heavy atom. The van der Waals surface area contributed by atoms with Gasteiger partial charge in [-0.1, -0.05) is 35.9 Å². The zero-order valence-corrected chi connectivity index (χ0v) is 17.5. The van der Waals surface area contributed by atoms with Gasteiger partial charge in [0.05, 0.1) is 25.8 Å². The largest absolute Gasteiger partial charge is 0.469 e. The van der Waals surface area contributed by atoms with Gasteiger partial charge in [-0.05, 0) is 41.5 Å². The van der Waals surface area contributed by atoms with Crippen molar-refractivity contribution in [3.63, 3.8) is 0 Å². The highest BCUT2D eigenvalue weighted by Gasteiger charge is 2.18. The van der Waals surface area contributed by atoms with Gasteiger partial charge < -0.3 is 10.1 Å². The second-order valence-electron chi connectivity index (χ2n) is 6.22. The monoisotopic (exact) mass is 436 g/mol. The molecule has 1 unspecified atom stereocenters. The lowest BCUT2D eigenvalue weighted by Gasteiger charge is -2.17. The Hall–Kier alpha value is -2.84. The smallest absolute Gasteiger partial charge is 0.307 e. The molecule has 0 spiro atoms. The third kappa shape index (κ3) is 7.97. The van der Waals surface area contributed by atoms with E-state index in [-0.39, 0.29) is 6.42 Å². The Labute approximate surface area is 174 Å². The molecule has 154 valence electrons. The van der Waals surface area contributed by atoms with Crippen LogP contribution in [0, 0.1) is 0 Å². The van der Waals surface area contributed by atoms with Crippen LogP contribution in [0.15, 0.2) is 54.6 Å². The lowest BCUT2D eigenvalue weighted by molar-refractivity contribution is -0.141. The molecule has 2 rings (SSSR count). The summed E-state index contributed by atoms with van der Waals surface area (Å²) < 4.78 is 29.5. The molecule has 7 nitrogen and oxygen atoms in total. The average Bonchev–Trinajstić information content (AvgIpc) is 2.66. The number of halogens is 1. The van der Waals surface area contributed by atoms with Crippen LogP contribution in [0.1, 0.15) is 23.6 Å². The topological polar surface area (TPSA) is 102 Å². The van der Waals surface area contributed by atoms with E-state index in [1.54, 1.807) is 54.6 Å². The first-order valence-electron chi connectivity index (χ1n) is 8.55. The molecule has 1 amide bonds. The first-order chi connectivity index (χ1) is 13.7. The molecule has 0 aliphatic heterocycles. The molecule has 0 radical (unpaired) electrons. The number of amides is 1. The minimum absolute atomic E-state index is 0.0242. The van der Waals surface area contributed by atoms with Crippen molar-refractivity contribution in [3.8, 4) is 0 Å². The Kier molecular flexibility index (Phi) is 7.81. The fourth-order valence-electron chi connectivity index (χ4n) is 2.47. The summed E-state index contributed by atoms with van der Waals surface area (Å²) in [6.45, 7) is 0. The van der Waals surface area contributed by atoms with E-state index in [0.29, 0.717) is 16.3 Å². The molecule has 0 heterocycles. The highest BCUT2D eigenvalue weighted by Crippen LogP contribution is 2.20. The van der Waals surface area contributed by atoms with Crippen LogP contribution in [0.5, 0.6) is 0 Å². The lowest BCUT2D eigenvalue weighted by Crippen LogP contribution is -2.29. The number of hydrogen-bond donors (Lipinski definition) is 2. The number of nitrogens with one attached hydrogen (secondary N) is 2. The summed E-state index contributed by atoms with van der Waals surface area (Å²) in [5, 5.41) is 3.32. The second kappa shape index (κ2) is 10.1. The fourth-order valence-corrected chi connectivity index (χ4v) is 3.16. The third-order valence-corrected chi connectivity index (χ3v) is 4.69. The van der Waals surface area contributed by atoms with Gasteiger partial charge in [-0.3, -0.25) is 14.3 Å². The van der Waals surface area contributed by atoms with Crippen molar-refractivity contribution >= 4 is 45.3 Å². The van der Waals surface area contributed by atoms with Gasteiger partial charge in [0.15, 0.2) is 0 Å². The van der Waals surface area contributed by atoms with Crippen molar-refractivity contribution in [1.29, 1.82) is 0 Å². The number of carbonyl (C=O) groups excluding carboxylic acids is 2.